The molecule has 0 saturated carbocycles. The van der Waals surface area contributed by atoms with E-state index < -0.39 is 10.8 Å². The Morgan fingerprint density at radius 2 is 1.87 bits per heavy atom. The van der Waals surface area contributed by atoms with Crippen LogP contribution in [0.4, 0.5) is 10.1 Å². The zero-order valence-electron chi connectivity index (χ0n) is 16.8. The van der Waals surface area contributed by atoms with Crippen LogP contribution >= 0.6 is 0 Å². The number of halogens is 1. The summed E-state index contributed by atoms with van der Waals surface area (Å²) in [6, 6.07) is 8.34. The fourth-order valence-electron chi connectivity index (χ4n) is 3.59. The van der Waals surface area contributed by atoms with E-state index in [4.69, 9.17) is 14.0 Å². The van der Waals surface area contributed by atoms with Crippen LogP contribution in [0.25, 0.3) is 11.3 Å². The van der Waals surface area contributed by atoms with E-state index in [1.54, 1.807) is 12.1 Å². The molecule has 1 aromatic heterocycles. The summed E-state index contributed by atoms with van der Waals surface area (Å²) in [5, 5.41) is 15.6. The molecular formula is C21H18FN3O6. The number of hydrogen-bond donors (Lipinski definition) is 0. The predicted octanol–water partition coefficient (Wildman–Crippen LogP) is 3.60. The van der Waals surface area contributed by atoms with Gasteiger partial charge < -0.3 is 18.9 Å². The first-order chi connectivity index (χ1) is 14.9. The maximum atomic E-state index is 13.2. The highest BCUT2D eigenvalue weighted by molar-refractivity contribution is 5.99. The van der Waals surface area contributed by atoms with E-state index in [1.807, 2.05) is 0 Å². The molecule has 3 aromatic rings. The minimum absolute atomic E-state index is 0.103. The van der Waals surface area contributed by atoms with E-state index >= 15 is 0 Å². The lowest BCUT2D eigenvalue weighted by molar-refractivity contribution is -0.385. The van der Waals surface area contributed by atoms with Gasteiger partial charge in [0.05, 0.1) is 31.8 Å². The van der Waals surface area contributed by atoms with Gasteiger partial charge in [-0.15, -0.1) is 0 Å². The second-order valence-corrected chi connectivity index (χ2v) is 6.90. The van der Waals surface area contributed by atoms with Crippen LogP contribution in [-0.4, -0.2) is 41.7 Å². The van der Waals surface area contributed by atoms with Crippen LogP contribution in [0, 0.1) is 15.9 Å². The average molecular weight is 427 g/mol. The van der Waals surface area contributed by atoms with Crippen LogP contribution in [0.3, 0.4) is 0 Å². The van der Waals surface area contributed by atoms with Crippen LogP contribution in [0.1, 0.15) is 21.6 Å². The van der Waals surface area contributed by atoms with Crippen molar-refractivity contribution in [1.29, 1.82) is 0 Å². The number of nitro groups is 1. The van der Waals surface area contributed by atoms with E-state index in [1.165, 1.54) is 43.4 Å². The van der Waals surface area contributed by atoms with Crippen molar-refractivity contribution < 1.29 is 28.1 Å². The maximum absolute atomic E-state index is 13.2. The molecule has 9 nitrogen and oxygen atoms in total. The largest absolute Gasteiger partial charge is 0.493 e. The Balaban J connectivity index is 1.64. The van der Waals surface area contributed by atoms with Gasteiger partial charge in [0.25, 0.3) is 11.6 Å². The molecule has 160 valence electrons. The summed E-state index contributed by atoms with van der Waals surface area (Å²) in [5.41, 5.74) is 1.60. The molecule has 0 atom stereocenters. The van der Waals surface area contributed by atoms with Gasteiger partial charge in [0.15, 0.2) is 17.3 Å². The molecule has 0 aliphatic carbocycles. The number of nitrogens with zero attached hydrogens (tertiary/aromatic N) is 3. The highest BCUT2D eigenvalue weighted by Gasteiger charge is 2.32. The molecule has 0 N–H and O–H groups in total. The Kier molecular flexibility index (Phi) is 5.28. The van der Waals surface area contributed by atoms with Crippen molar-refractivity contribution in [2.75, 3.05) is 20.8 Å². The summed E-state index contributed by atoms with van der Waals surface area (Å²) in [6.45, 7) is 0.442. The van der Waals surface area contributed by atoms with Crippen molar-refractivity contribution in [2.24, 2.45) is 0 Å². The van der Waals surface area contributed by atoms with Crippen molar-refractivity contribution in [3.63, 3.8) is 0 Å². The number of benzene rings is 2. The molecular weight excluding hydrogens is 409 g/mol. The van der Waals surface area contributed by atoms with Gasteiger partial charge in [-0.3, -0.25) is 14.9 Å². The van der Waals surface area contributed by atoms with Gasteiger partial charge in [-0.2, -0.15) is 0 Å². The van der Waals surface area contributed by atoms with Crippen molar-refractivity contribution in [2.45, 2.75) is 13.0 Å². The number of amides is 1. The molecule has 0 saturated heterocycles. The molecule has 0 radical (unpaired) electrons. The van der Waals surface area contributed by atoms with Crippen molar-refractivity contribution in [3.05, 3.63) is 69.2 Å². The fourth-order valence-corrected chi connectivity index (χ4v) is 3.59. The molecule has 1 aliphatic rings. The van der Waals surface area contributed by atoms with Gasteiger partial charge in [0, 0.05) is 23.7 Å². The van der Waals surface area contributed by atoms with Crippen LogP contribution in [0.15, 0.2) is 40.9 Å². The van der Waals surface area contributed by atoms with Crippen molar-refractivity contribution in [1.82, 2.24) is 10.1 Å². The Bertz CT molecular complexity index is 1160. The second-order valence-electron chi connectivity index (χ2n) is 6.90. The lowest BCUT2D eigenvalue weighted by atomic mass is 9.99. The Labute approximate surface area is 176 Å². The third-order valence-corrected chi connectivity index (χ3v) is 5.16. The SMILES string of the molecule is COc1cc(C(=O)N2CCc3c(noc3-c3ccc(F)cc3)C2)c([N+](=O)[O-])cc1OC. The van der Waals surface area contributed by atoms with E-state index in [9.17, 15) is 19.3 Å². The molecule has 2 heterocycles. The van der Waals surface area contributed by atoms with E-state index in [0.29, 0.717) is 30.0 Å². The van der Waals surface area contributed by atoms with Gasteiger partial charge in [-0.25, -0.2) is 4.39 Å². The molecule has 0 bridgehead atoms. The molecule has 1 aliphatic heterocycles. The number of carbonyl (C=O) groups excluding carboxylic acids is 1. The second kappa shape index (κ2) is 8.05. The third-order valence-electron chi connectivity index (χ3n) is 5.16. The number of fused-ring (bicyclic) bond motifs is 1. The summed E-state index contributed by atoms with van der Waals surface area (Å²) in [7, 11) is 2.75. The first-order valence-electron chi connectivity index (χ1n) is 9.36. The molecule has 1 amide bonds. The van der Waals surface area contributed by atoms with Crippen molar-refractivity contribution >= 4 is 11.6 Å². The van der Waals surface area contributed by atoms with Gasteiger partial charge in [0.1, 0.15) is 17.1 Å². The number of aromatic nitrogens is 1. The van der Waals surface area contributed by atoms with Crippen LogP contribution < -0.4 is 9.47 Å². The maximum Gasteiger partial charge on any atom is 0.286 e. The van der Waals surface area contributed by atoms with Gasteiger partial charge in [-0.05, 0) is 30.7 Å². The quantitative estimate of drug-likeness (QED) is 0.452. The lowest BCUT2D eigenvalue weighted by Crippen LogP contribution is -2.36. The number of rotatable bonds is 5. The number of methoxy groups -OCH3 is 2. The lowest BCUT2D eigenvalue weighted by Gasteiger charge is -2.26. The molecule has 31 heavy (non-hydrogen) atoms. The van der Waals surface area contributed by atoms with Gasteiger partial charge in [-0.1, -0.05) is 5.16 Å². The van der Waals surface area contributed by atoms with E-state index in [2.05, 4.69) is 5.16 Å². The normalized spacial score (nSPS) is 12.9. The summed E-state index contributed by atoms with van der Waals surface area (Å²) in [6.07, 6.45) is 0.443. The highest BCUT2D eigenvalue weighted by Crippen LogP contribution is 2.36. The van der Waals surface area contributed by atoms with Crippen LogP contribution in [0.2, 0.25) is 0 Å². The molecule has 2 aromatic carbocycles. The van der Waals surface area contributed by atoms with Gasteiger partial charge >= 0.3 is 0 Å². The topological polar surface area (TPSA) is 108 Å². The Hall–Kier alpha value is -3.95. The number of nitro benzene ring substituents is 1. The smallest absolute Gasteiger partial charge is 0.286 e. The highest BCUT2D eigenvalue weighted by atomic mass is 19.1. The first-order valence-corrected chi connectivity index (χ1v) is 9.36. The summed E-state index contributed by atoms with van der Waals surface area (Å²) < 4.78 is 29.0. The fraction of sp³-hybridized carbons (Fsp3) is 0.238. The molecule has 10 heteroatoms. The zero-order valence-corrected chi connectivity index (χ0v) is 16.8. The number of hydrogen-bond acceptors (Lipinski definition) is 7. The summed E-state index contributed by atoms with van der Waals surface area (Å²) in [4.78, 5) is 25.5. The number of carbonyl (C=O) groups is 1. The Morgan fingerprint density at radius 1 is 1.19 bits per heavy atom. The van der Waals surface area contributed by atoms with Crippen LogP contribution in [0.5, 0.6) is 11.5 Å². The van der Waals surface area contributed by atoms with Crippen LogP contribution in [-0.2, 0) is 13.0 Å². The van der Waals surface area contributed by atoms with E-state index in [-0.39, 0.29) is 35.1 Å². The van der Waals surface area contributed by atoms with Crippen molar-refractivity contribution in [3.8, 4) is 22.8 Å². The van der Waals surface area contributed by atoms with Gasteiger partial charge in [0.2, 0.25) is 0 Å². The predicted molar refractivity (Wildman–Crippen MR) is 107 cm³/mol. The Morgan fingerprint density at radius 3 is 2.52 bits per heavy atom. The average Bonchev–Trinajstić information content (AvgIpc) is 3.21. The number of ether oxygens (including phenoxy) is 2. The minimum Gasteiger partial charge on any atom is -0.493 e. The zero-order chi connectivity index (χ0) is 22.1. The third kappa shape index (κ3) is 3.67. The standard InChI is InChI=1S/C21H18FN3O6/c1-29-18-9-15(17(25(27)28)10-19(18)30-2)21(26)24-8-7-14-16(11-24)23-31-20(14)12-3-5-13(22)6-4-12/h3-6,9-10H,7-8,11H2,1-2H3. The summed E-state index contributed by atoms with van der Waals surface area (Å²) >= 11 is 0. The first kappa shape index (κ1) is 20.3. The van der Waals surface area contributed by atoms with E-state index in [0.717, 1.165) is 5.56 Å². The molecule has 4 rings (SSSR count). The molecule has 0 unspecified atom stereocenters. The minimum atomic E-state index is -0.632. The molecule has 0 fully saturated rings. The monoisotopic (exact) mass is 427 g/mol. The summed E-state index contributed by atoms with van der Waals surface area (Å²) in [5.74, 6) is 0.0237. The molecule has 0 spiro atoms.